The van der Waals surface area contributed by atoms with E-state index in [1.54, 1.807) is 18.2 Å². The summed E-state index contributed by atoms with van der Waals surface area (Å²) in [5.41, 5.74) is 2.63. The van der Waals surface area contributed by atoms with Gasteiger partial charge >= 0.3 is 11.8 Å². The average molecular weight is 274 g/mol. The van der Waals surface area contributed by atoms with Gasteiger partial charge in [-0.3, -0.25) is 9.59 Å². The average Bonchev–Trinajstić information content (AvgIpc) is 2.30. The molecule has 0 saturated heterocycles. The molecule has 0 bridgehead atoms. The maximum Gasteiger partial charge on any atom is 0.329 e. The number of amides is 2. The number of hydrazone groups is 1. The Balaban J connectivity index is 2.65. The zero-order valence-corrected chi connectivity index (χ0v) is 10.3. The first kappa shape index (κ1) is 13.5. The van der Waals surface area contributed by atoms with E-state index in [2.05, 4.69) is 15.8 Å². The number of carbonyl (C=O) groups is 2. The van der Waals surface area contributed by atoms with Gasteiger partial charge in [-0.15, -0.1) is 0 Å². The zero-order chi connectivity index (χ0) is 12.8. The summed E-state index contributed by atoms with van der Waals surface area (Å²) < 4.78 is 0. The van der Waals surface area contributed by atoms with Gasteiger partial charge in [0.15, 0.2) is 0 Å². The third-order valence-electron chi connectivity index (χ3n) is 1.77. The van der Waals surface area contributed by atoms with Gasteiger partial charge in [-0.2, -0.15) is 5.10 Å². The molecule has 0 spiro atoms. The number of nitrogens with one attached hydrogen (secondary N) is 2. The standard InChI is InChI=1S/C10H9Cl2N3O2/c1-13-9(16)10(17)15-14-5-6-2-3-7(11)4-8(6)12/h2-5H,1H3,(H,13,16)(H,15,17). The van der Waals surface area contributed by atoms with Crippen LogP contribution in [0.4, 0.5) is 0 Å². The topological polar surface area (TPSA) is 70.6 Å². The van der Waals surface area contributed by atoms with E-state index in [0.717, 1.165) is 0 Å². The van der Waals surface area contributed by atoms with Gasteiger partial charge < -0.3 is 5.32 Å². The first-order valence-corrected chi connectivity index (χ1v) is 5.30. The molecule has 0 radical (unpaired) electrons. The van der Waals surface area contributed by atoms with Crippen LogP contribution in [-0.4, -0.2) is 25.1 Å². The first-order valence-electron chi connectivity index (χ1n) is 4.54. The minimum atomic E-state index is -0.853. The largest absolute Gasteiger partial charge is 0.351 e. The van der Waals surface area contributed by atoms with Crippen molar-refractivity contribution >= 4 is 41.2 Å². The third-order valence-corrected chi connectivity index (χ3v) is 2.33. The molecule has 0 aliphatic carbocycles. The predicted molar refractivity (Wildman–Crippen MR) is 66.3 cm³/mol. The Kier molecular flexibility index (Phi) is 4.93. The van der Waals surface area contributed by atoms with E-state index in [-0.39, 0.29) is 0 Å². The highest BCUT2D eigenvalue weighted by atomic mass is 35.5. The molecule has 1 aromatic carbocycles. The molecule has 1 aromatic rings. The zero-order valence-electron chi connectivity index (χ0n) is 8.83. The van der Waals surface area contributed by atoms with E-state index >= 15 is 0 Å². The lowest BCUT2D eigenvalue weighted by Crippen LogP contribution is -2.35. The summed E-state index contributed by atoms with van der Waals surface area (Å²) in [5, 5.41) is 6.65. The van der Waals surface area contributed by atoms with Crippen molar-refractivity contribution in [3.8, 4) is 0 Å². The Labute approximate surface area is 108 Å². The highest BCUT2D eigenvalue weighted by Crippen LogP contribution is 2.19. The molecule has 2 N–H and O–H groups in total. The summed E-state index contributed by atoms with van der Waals surface area (Å²) in [6, 6.07) is 4.82. The fourth-order valence-electron chi connectivity index (χ4n) is 0.931. The van der Waals surface area contributed by atoms with E-state index in [1.165, 1.54) is 13.3 Å². The fourth-order valence-corrected chi connectivity index (χ4v) is 1.39. The van der Waals surface area contributed by atoms with Crippen molar-refractivity contribution in [2.45, 2.75) is 0 Å². The lowest BCUT2D eigenvalue weighted by Gasteiger charge is -1.99. The predicted octanol–water partition coefficient (Wildman–Crippen LogP) is 1.19. The van der Waals surface area contributed by atoms with Crippen LogP contribution in [0.15, 0.2) is 23.3 Å². The molecule has 0 fully saturated rings. The summed E-state index contributed by atoms with van der Waals surface area (Å²) >= 11 is 11.6. The second-order valence-electron chi connectivity index (χ2n) is 2.94. The number of halogens is 2. The number of nitrogens with zero attached hydrogens (tertiary/aromatic N) is 1. The third kappa shape index (κ3) is 4.05. The molecule has 7 heteroatoms. The van der Waals surface area contributed by atoms with Gasteiger partial charge in [0.2, 0.25) is 0 Å². The van der Waals surface area contributed by atoms with Crippen molar-refractivity contribution in [2.24, 2.45) is 5.10 Å². The number of likely N-dealkylation sites (N-methyl/N-ethyl adjacent to an activating group) is 1. The van der Waals surface area contributed by atoms with Crippen molar-refractivity contribution in [1.29, 1.82) is 0 Å². The molecule has 17 heavy (non-hydrogen) atoms. The maximum absolute atomic E-state index is 11.0. The van der Waals surface area contributed by atoms with Gasteiger partial charge in [-0.1, -0.05) is 29.3 Å². The van der Waals surface area contributed by atoms with Crippen molar-refractivity contribution < 1.29 is 9.59 Å². The SMILES string of the molecule is CNC(=O)C(=O)NN=Cc1ccc(Cl)cc1Cl. The first-order chi connectivity index (χ1) is 8.04. The van der Waals surface area contributed by atoms with Crippen molar-refractivity contribution in [3.63, 3.8) is 0 Å². The Morgan fingerprint density at radius 2 is 2.00 bits per heavy atom. The second kappa shape index (κ2) is 6.22. The molecule has 1 rings (SSSR count). The molecular formula is C10H9Cl2N3O2. The Morgan fingerprint density at radius 1 is 1.29 bits per heavy atom. The van der Waals surface area contributed by atoms with Crippen LogP contribution < -0.4 is 10.7 Å². The molecule has 2 amide bonds. The van der Waals surface area contributed by atoms with Crippen LogP contribution >= 0.6 is 23.2 Å². The summed E-state index contributed by atoms with van der Waals surface area (Å²) in [7, 11) is 1.35. The summed E-state index contributed by atoms with van der Waals surface area (Å²) in [4.78, 5) is 21.8. The van der Waals surface area contributed by atoms with Crippen LogP contribution in [0.2, 0.25) is 10.0 Å². The van der Waals surface area contributed by atoms with E-state index in [9.17, 15) is 9.59 Å². The number of hydrogen-bond donors (Lipinski definition) is 2. The summed E-state index contributed by atoms with van der Waals surface area (Å²) in [6.45, 7) is 0. The lowest BCUT2D eigenvalue weighted by molar-refractivity contribution is -0.138. The Hall–Kier alpha value is -1.59. The monoisotopic (exact) mass is 273 g/mol. The molecule has 0 unspecified atom stereocenters. The van der Waals surface area contributed by atoms with Gasteiger partial charge in [0.1, 0.15) is 0 Å². The molecule has 0 aromatic heterocycles. The fraction of sp³-hybridized carbons (Fsp3) is 0.100. The van der Waals surface area contributed by atoms with Crippen LogP contribution in [0.3, 0.4) is 0 Å². The molecule has 0 saturated carbocycles. The van der Waals surface area contributed by atoms with E-state index in [1.807, 2.05) is 0 Å². The van der Waals surface area contributed by atoms with Crippen LogP contribution in [0, 0.1) is 0 Å². The molecule has 90 valence electrons. The quantitative estimate of drug-likeness (QED) is 0.483. The Morgan fingerprint density at radius 3 is 2.59 bits per heavy atom. The number of carbonyl (C=O) groups excluding carboxylic acids is 2. The van der Waals surface area contributed by atoms with E-state index < -0.39 is 11.8 Å². The smallest absolute Gasteiger partial charge is 0.329 e. The van der Waals surface area contributed by atoms with Crippen molar-refractivity contribution in [2.75, 3.05) is 7.05 Å². The molecule has 0 heterocycles. The lowest BCUT2D eigenvalue weighted by atomic mass is 10.2. The van der Waals surface area contributed by atoms with Gasteiger partial charge in [-0.05, 0) is 12.1 Å². The molecule has 0 aliphatic heterocycles. The molecule has 5 nitrogen and oxygen atoms in total. The van der Waals surface area contributed by atoms with Gasteiger partial charge in [0, 0.05) is 17.6 Å². The van der Waals surface area contributed by atoms with Gasteiger partial charge in [0.25, 0.3) is 0 Å². The van der Waals surface area contributed by atoms with Crippen molar-refractivity contribution in [3.05, 3.63) is 33.8 Å². The highest BCUT2D eigenvalue weighted by molar-refractivity contribution is 6.36. The minimum Gasteiger partial charge on any atom is -0.351 e. The normalized spacial score (nSPS) is 10.3. The summed E-state index contributed by atoms with van der Waals surface area (Å²) in [5.74, 6) is -1.63. The second-order valence-corrected chi connectivity index (χ2v) is 3.79. The van der Waals surface area contributed by atoms with Gasteiger partial charge in [-0.25, -0.2) is 5.43 Å². The van der Waals surface area contributed by atoms with Crippen molar-refractivity contribution in [1.82, 2.24) is 10.7 Å². The summed E-state index contributed by atoms with van der Waals surface area (Å²) in [6.07, 6.45) is 1.32. The molecule has 0 atom stereocenters. The molecular weight excluding hydrogens is 265 g/mol. The van der Waals surface area contributed by atoms with E-state index in [4.69, 9.17) is 23.2 Å². The minimum absolute atomic E-state index is 0.399. The number of benzene rings is 1. The Bertz CT molecular complexity index is 475. The van der Waals surface area contributed by atoms with Crippen LogP contribution in [-0.2, 0) is 9.59 Å². The van der Waals surface area contributed by atoms with Gasteiger partial charge in [0.05, 0.1) is 11.2 Å². The van der Waals surface area contributed by atoms with E-state index in [0.29, 0.717) is 15.6 Å². The maximum atomic E-state index is 11.0. The number of hydrogen-bond acceptors (Lipinski definition) is 3. The molecule has 0 aliphatic rings. The number of rotatable bonds is 2. The highest BCUT2D eigenvalue weighted by Gasteiger charge is 2.08. The van der Waals surface area contributed by atoms with Crippen LogP contribution in [0.1, 0.15) is 5.56 Å². The van der Waals surface area contributed by atoms with Crippen LogP contribution in [0.5, 0.6) is 0 Å². The van der Waals surface area contributed by atoms with Crippen LogP contribution in [0.25, 0.3) is 0 Å².